The Kier molecular flexibility index (Phi) is 7.10. The smallest absolute Gasteiger partial charge is 0.305 e. The van der Waals surface area contributed by atoms with Crippen LogP contribution in [-0.4, -0.2) is 37.0 Å². The molecule has 0 radical (unpaired) electrons. The number of rotatable bonds is 11. The van der Waals surface area contributed by atoms with Gasteiger partial charge in [0.25, 0.3) is 5.69 Å². The van der Waals surface area contributed by atoms with Crippen molar-refractivity contribution in [3.8, 4) is 11.5 Å². The second-order valence-corrected chi connectivity index (χ2v) is 5.86. The summed E-state index contributed by atoms with van der Waals surface area (Å²) in [5, 5.41) is 11.2. The monoisotopic (exact) mass is 375 g/mol. The molecule has 0 N–H and O–H groups in total. The van der Waals surface area contributed by atoms with Crippen molar-refractivity contribution in [2.24, 2.45) is 0 Å². The van der Waals surface area contributed by atoms with E-state index in [1.54, 1.807) is 0 Å². The quantitative estimate of drug-likeness (QED) is 0.192. The predicted molar refractivity (Wildman–Crippen MR) is 97.2 cm³/mol. The van der Waals surface area contributed by atoms with Crippen LogP contribution in [0.4, 0.5) is 5.69 Å². The minimum atomic E-state index is -0.646. The lowest BCUT2D eigenvalue weighted by molar-refractivity contribution is -0.385. The van der Waals surface area contributed by atoms with Crippen LogP contribution in [0.5, 0.6) is 11.5 Å². The highest BCUT2D eigenvalue weighted by Gasteiger charge is 2.22. The van der Waals surface area contributed by atoms with E-state index in [1.807, 2.05) is 18.2 Å². The van der Waals surface area contributed by atoms with Crippen molar-refractivity contribution in [3.63, 3.8) is 0 Å². The molecule has 0 aliphatic heterocycles. The van der Waals surface area contributed by atoms with Crippen LogP contribution < -0.4 is 9.47 Å². The third kappa shape index (κ3) is 5.67. The van der Waals surface area contributed by atoms with E-state index in [1.165, 1.54) is 20.1 Å². The first-order valence-corrected chi connectivity index (χ1v) is 8.45. The van der Waals surface area contributed by atoms with E-state index in [0.717, 1.165) is 11.6 Å². The summed E-state index contributed by atoms with van der Waals surface area (Å²) >= 11 is 0. The maximum Gasteiger partial charge on any atom is 0.305 e. The average molecular weight is 375 g/mol. The summed E-state index contributed by atoms with van der Waals surface area (Å²) in [6, 6.07) is 2.45. The van der Waals surface area contributed by atoms with E-state index >= 15 is 0 Å². The van der Waals surface area contributed by atoms with E-state index in [-0.39, 0.29) is 41.7 Å². The Morgan fingerprint density at radius 3 is 2.48 bits per heavy atom. The number of ether oxygens (including phenoxy) is 3. The lowest BCUT2D eigenvalue weighted by Gasteiger charge is -2.12. The fraction of sp³-hybridized carbons (Fsp3) is 0.368. The van der Waals surface area contributed by atoms with E-state index in [2.05, 4.69) is 0 Å². The Balaban J connectivity index is 1.85. The van der Waals surface area contributed by atoms with Crippen molar-refractivity contribution < 1.29 is 28.7 Å². The number of nitrogens with zero attached hydrogens (tertiary/aromatic N) is 1. The molecular weight excluding hydrogens is 354 g/mol. The number of esters is 1. The summed E-state index contributed by atoms with van der Waals surface area (Å²) in [4.78, 5) is 33.8. The molecule has 0 saturated heterocycles. The van der Waals surface area contributed by atoms with Crippen molar-refractivity contribution >= 4 is 17.4 Å². The van der Waals surface area contributed by atoms with Crippen LogP contribution in [0.15, 0.2) is 35.9 Å². The third-order valence-electron chi connectivity index (χ3n) is 3.92. The maximum atomic E-state index is 11.7. The van der Waals surface area contributed by atoms with Crippen LogP contribution >= 0.6 is 0 Å². The molecule has 0 unspecified atom stereocenters. The molecular formula is C19H21NO7. The summed E-state index contributed by atoms with van der Waals surface area (Å²) in [6.07, 6.45) is 7.10. The minimum absolute atomic E-state index is 0.0517. The van der Waals surface area contributed by atoms with Gasteiger partial charge < -0.3 is 14.2 Å². The number of hydrogen-bond donors (Lipinski definition) is 0. The van der Waals surface area contributed by atoms with Gasteiger partial charge in [0.15, 0.2) is 17.3 Å². The van der Waals surface area contributed by atoms with E-state index < -0.39 is 10.7 Å². The van der Waals surface area contributed by atoms with Gasteiger partial charge in [-0.05, 0) is 18.9 Å². The first-order chi connectivity index (χ1) is 12.9. The number of carbonyl (C=O) groups excluding carboxylic acids is 2. The van der Waals surface area contributed by atoms with Crippen LogP contribution in [0.25, 0.3) is 0 Å². The number of ketones is 1. The molecule has 8 nitrogen and oxygen atoms in total. The number of carbonyl (C=O) groups is 2. The van der Waals surface area contributed by atoms with E-state index in [4.69, 9.17) is 14.2 Å². The third-order valence-corrected chi connectivity index (χ3v) is 3.92. The molecule has 1 aromatic carbocycles. The topological polar surface area (TPSA) is 105 Å². The van der Waals surface area contributed by atoms with Gasteiger partial charge in [-0.15, -0.1) is 0 Å². The van der Waals surface area contributed by atoms with Crippen LogP contribution in [0.3, 0.4) is 0 Å². The highest BCUT2D eigenvalue weighted by atomic mass is 16.6. The van der Waals surface area contributed by atoms with Crippen molar-refractivity contribution in [1.29, 1.82) is 0 Å². The Morgan fingerprint density at radius 2 is 1.93 bits per heavy atom. The van der Waals surface area contributed by atoms with Gasteiger partial charge in [0.2, 0.25) is 0 Å². The minimum Gasteiger partial charge on any atom is -0.493 e. The van der Waals surface area contributed by atoms with Crippen molar-refractivity contribution in [2.75, 3.05) is 20.3 Å². The highest BCUT2D eigenvalue weighted by Crippen LogP contribution is 2.35. The van der Waals surface area contributed by atoms with Gasteiger partial charge in [0, 0.05) is 18.9 Å². The largest absolute Gasteiger partial charge is 0.493 e. The number of Topliss-reactive ketones (excluding diaryl/α,β-unsaturated/α-hetero) is 1. The normalized spacial score (nSPS) is 12.0. The van der Waals surface area contributed by atoms with Gasteiger partial charge in [-0.1, -0.05) is 18.2 Å². The molecule has 1 aliphatic rings. The fourth-order valence-electron chi connectivity index (χ4n) is 2.41. The Morgan fingerprint density at radius 1 is 1.19 bits per heavy atom. The van der Waals surface area contributed by atoms with Crippen LogP contribution in [-0.2, 0) is 9.53 Å². The van der Waals surface area contributed by atoms with E-state index in [0.29, 0.717) is 19.4 Å². The number of nitro groups is 1. The first kappa shape index (κ1) is 20.2. The summed E-state index contributed by atoms with van der Waals surface area (Å²) in [5.41, 5.74) is 0.745. The molecule has 0 saturated carbocycles. The average Bonchev–Trinajstić information content (AvgIpc) is 2.59. The molecule has 0 atom stereocenters. The van der Waals surface area contributed by atoms with Crippen LogP contribution in [0.1, 0.15) is 36.5 Å². The zero-order valence-corrected chi connectivity index (χ0v) is 15.2. The summed E-state index contributed by atoms with van der Waals surface area (Å²) in [7, 11) is 1.38. The second kappa shape index (κ2) is 9.51. The number of hydrogen-bond acceptors (Lipinski definition) is 7. The lowest BCUT2D eigenvalue weighted by atomic mass is 10.1. The van der Waals surface area contributed by atoms with Gasteiger partial charge in [-0.2, -0.15) is 0 Å². The molecule has 0 bridgehead atoms. The second-order valence-electron chi connectivity index (χ2n) is 5.86. The van der Waals surface area contributed by atoms with Gasteiger partial charge in [-0.25, -0.2) is 0 Å². The lowest BCUT2D eigenvalue weighted by Crippen LogP contribution is -2.09. The maximum absolute atomic E-state index is 11.7. The first-order valence-electron chi connectivity index (χ1n) is 8.45. The summed E-state index contributed by atoms with van der Waals surface area (Å²) in [6.45, 7) is 1.73. The molecule has 0 heterocycles. The Bertz CT molecular complexity index is 795. The Labute approximate surface area is 156 Å². The standard InChI is InChI=1S/C19H21NO7/c1-13(21)15-11-17(25-2)18(12-16(15)20(23)24)26-9-4-7-19(22)27-10-8-14-5-3-6-14/h3,5-6,11-12H,4,7-10H2,1-2H3. The zero-order valence-electron chi connectivity index (χ0n) is 15.2. The van der Waals surface area contributed by atoms with Crippen molar-refractivity contribution in [3.05, 3.63) is 51.6 Å². The zero-order chi connectivity index (χ0) is 19.8. The molecule has 27 heavy (non-hydrogen) atoms. The molecule has 8 heteroatoms. The van der Waals surface area contributed by atoms with Gasteiger partial charge >= 0.3 is 5.97 Å². The van der Waals surface area contributed by atoms with Gasteiger partial charge in [0.05, 0.1) is 36.9 Å². The molecule has 0 spiro atoms. The molecule has 144 valence electrons. The number of benzene rings is 1. The van der Waals surface area contributed by atoms with Gasteiger partial charge in [0.1, 0.15) is 0 Å². The molecule has 1 aromatic rings. The summed E-state index contributed by atoms with van der Waals surface area (Å²) in [5.74, 6) is -0.406. The molecule has 0 fully saturated rings. The van der Waals surface area contributed by atoms with E-state index in [9.17, 15) is 19.7 Å². The number of nitro benzene ring substituents is 1. The molecule has 2 rings (SSSR count). The van der Waals surface area contributed by atoms with Crippen LogP contribution in [0, 0.1) is 10.1 Å². The number of methoxy groups -OCH3 is 1. The fourth-order valence-corrected chi connectivity index (χ4v) is 2.41. The predicted octanol–water partition coefficient (Wildman–Crippen LogP) is 3.39. The molecule has 1 aliphatic carbocycles. The highest BCUT2D eigenvalue weighted by molar-refractivity contribution is 5.98. The van der Waals surface area contributed by atoms with Crippen molar-refractivity contribution in [2.45, 2.75) is 26.2 Å². The summed E-state index contributed by atoms with van der Waals surface area (Å²) < 4.78 is 15.8. The number of allylic oxidation sites excluding steroid dienone is 3. The van der Waals surface area contributed by atoms with Crippen molar-refractivity contribution in [1.82, 2.24) is 0 Å². The SMILES string of the molecule is COc1cc(C(C)=O)c([N+](=O)[O-])cc1OCCCC(=O)OCCC1=CC=C1. The van der Waals surface area contributed by atoms with Gasteiger partial charge in [-0.3, -0.25) is 19.7 Å². The van der Waals surface area contributed by atoms with Crippen LogP contribution in [0.2, 0.25) is 0 Å². The Hall–Kier alpha value is -3.16. The molecule has 0 amide bonds. The molecule has 0 aromatic heterocycles.